The van der Waals surface area contributed by atoms with E-state index in [1.54, 1.807) is 36.6 Å². The number of fused-ring (bicyclic) bond motifs is 3. The fourth-order valence-electron chi connectivity index (χ4n) is 3.09. The minimum Gasteiger partial charge on any atom is -0.493 e. The topological polar surface area (TPSA) is 92.8 Å². The van der Waals surface area contributed by atoms with Crippen LogP contribution in [0.5, 0.6) is 11.5 Å². The van der Waals surface area contributed by atoms with Crippen LogP contribution in [-0.4, -0.2) is 45.5 Å². The van der Waals surface area contributed by atoms with E-state index in [1.807, 2.05) is 24.3 Å². The van der Waals surface area contributed by atoms with Gasteiger partial charge in [-0.1, -0.05) is 6.07 Å². The summed E-state index contributed by atoms with van der Waals surface area (Å²) < 4.78 is 18.8. The summed E-state index contributed by atoms with van der Waals surface area (Å²) in [5.74, 6) is 2.20. The van der Waals surface area contributed by atoms with Crippen LogP contribution in [0.1, 0.15) is 11.4 Å². The average molecular weight is 381 g/mol. The Labute approximate surface area is 160 Å². The molecule has 144 valence electrons. The molecule has 0 saturated heterocycles. The highest BCUT2D eigenvalue weighted by atomic mass is 16.5. The van der Waals surface area contributed by atoms with E-state index in [0.717, 1.165) is 5.56 Å². The number of pyridine rings is 1. The summed E-state index contributed by atoms with van der Waals surface area (Å²) in [5, 5.41) is 4.83. The number of ether oxygens (including phenoxy) is 3. The molecule has 4 rings (SSSR count). The van der Waals surface area contributed by atoms with Gasteiger partial charge < -0.3 is 18.8 Å². The Morgan fingerprint density at radius 1 is 1.07 bits per heavy atom. The van der Waals surface area contributed by atoms with Crippen molar-refractivity contribution in [2.24, 2.45) is 0 Å². The Bertz CT molecular complexity index is 1210. The molecule has 0 N–H and O–H groups in total. The van der Waals surface area contributed by atoms with Crippen molar-refractivity contribution in [1.29, 1.82) is 0 Å². The van der Waals surface area contributed by atoms with Gasteiger partial charge in [-0.3, -0.25) is 4.79 Å². The number of rotatable bonds is 6. The fraction of sp³-hybridized carbons (Fsp3) is 0.263. The van der Waals surface area contributed by atoms with Crippen LogP contribution in [0, 0.1) is 0 Å². The van der Waals surface area contributed by atoms with Crippen LogP contribution in [0.2, 0.25) is 0 Å². The van der Waals surface area contributed by atoms with Crippen LogP contribution < -0.4 is 15.0 Å². The zero-order valence-electron chi connectivity index (χ0n) is 15.7. The minimum atomic E-state index is -0.162. The van der Waals surface area contributed by atoms with E-state index in [9.17, 15) is 4.79 Å². The van der Waals surface area contributed by atoms with Crippen molar-refractivity contribution >= 4 is 16.7 Å². The van der Waals surface area contributed by atoms with Crippen molar-refractivity contribution in [3.63, 3.8) is 0 Å². The Morgan fingerprint density at radius 3 is 2.64 bits per heavy atom. The van der Waals surface area contributed by atoms with E-state index in [-0.39, 0.29) is 12.2 Å². The second-order valence-corrected chi connectivity index (χ2v) is 6.17. The van der Waals surface area contributed by atoms with E-state index >= 15 is 0 Å². The Morgan fingerprint density at radius 2 is 1.89 bits per heavy atom. The van der Waals surface area contributed by atoms with Gasteiger partial charge in [0.05, 0.1) is 31.7 Å². The summed E-state index contributed by atoms with van der Waals surface area (Å²) in [6.45, 7) is 0.667. The van der Waals surface area contributed by atoms with E-state index in [2.05, 4.69) is 15.1 Å². The van der Waals surface area contributed by atoms with Gasteiger partial charge in [-0.2, -0.15) is 9.50 Å². The van der Waals surface area contributed by atoms with Gasteiger partial charge in [0.1, 0.15) is 6.61 Å². The molecule has 1 aromatic carbocycles. The molecule has 0 bridgehead atoms. The summed E-state index contributed by atoms with van der Waals surface area (Å²) in [6.07, 6.45) is 3.27. The predicted molar refractivity (Wildman–Crippen MR) is 102 cm³/mol. The summed E-state index contributed by atoms with van der Waals surface area (Å²) in [6, 6.07) is 7.40. The van der Waals surface area contributed by atoms with Crippen molar-refractivity contribution in [3.05, 3.63) is 58.4 Å². The first-order valence-electron chi connectivity index (χ1n) is 8.58. The number of aromatic nitrogens is 5. The molecule has 0 atom stereocenters. The van der Waals surface area contributed by atoms with Crippen molar-refractivity contribution in [1.82, 2.24) is 24.1 Å². The van der Waals surface area contributed by atoms with E-state index in [4.69, 9.17) is 14.2 Å². The molecular weight excluding hydrogens is 362 g/mol. The summed E-state index contributed by atoms with van der Waals surface area (Å²) in [5.41, 5.74) is 1.40. The SMILES string of the molecule is COCc1nc2ncc3c(=O)n(Cc4ccc(OC)c(OC)c4)ccc3n2n1. The Balaban J connectivity index is 1.76. The first-order chi connectivity index (χ1) is 13.6. The second kappa shape index (κ2) is 7.28. The maximum atomic E-state index is 13.0. The van der Waals surface area contributed by atoms with Gasteiger partial charge in [0, 0.05) is 19.5 Å². The standard InChI is InChI=1S/C19H19N5O4/c1-26-11-17-21-19-20-9-13-14(24(19)22-17)6-7-23(18(13)25)10-12-4-5-15(27-2)16(8-12)28-3/h4-9H,10-11H2,1-3H3. The molecule has 0 aliphatic carbocycles. The van der Waals surface area contributed by atoms with Crippen LogP contribution >= 0.6 is 0 Å². The Kier molecular flexibility index (Phi) is 4.66. The first kappa shape index (κ1) is 17.9. The van der Waals surface area contributed by atoms with Gasteiger partial charge in [0.2, 0.25) is 0 Å². The molecule has 3 heterocycles. The number of hydrogen-bond donors (Lipinski definition) is 0. The van der Waals surface area contributed by atoms with E-state index in [1.165, 1.54) is 6.20 Å². The molecule has 0 amide bonds. The maximum Gasteiger partial charge on any atom is 0.261 e. The second-order valence-electron chi connectivity index (χ2n) is 6.17. The van der Waals surface area contributed by atoms with Gasteiger partial charge >= 0.3 is 0 Å². The van der Waals surface area contributed by atoms with Crippen molar-refractivity contribution in [3.8, 4) is 11.5 Å². The highest BCUT2D eigenvalue weighted by Crippen LogP contribution is 2.27. The first-order valence-corrected chi connectivity index (χ1v) is 8.58. The quantitative estimate of drug-likeness (QED) is 0.501. The van der Waals surface area contributed by atoms with Gasteiger partial charge in [-0.05, 0) is 23.8 Å². The fourth-order valence-corrected chi connectivity index (χ4v) is 3.09. The summed E-state index contributed by atoms with van der Waals surface area (Å²) in [4.78, 5) is 21.5. The largest absolute Gasteiger partial charge is 0.493 e. The molecule has 0 aliphatic heterocycles. The van der Waals surface area contributed by atoms with Gasteiger partial charge in [-0.25, -0.2) is 4.98 Å². The lowest BCUT2D eigenvalue weighted by molar-refractivity contribution is 0.178. The lowest BCUT2D eigenvalue weighted by Gasteiger charge is -2.11. The zero-order chi connectivity index (χ0) is 19.7. The van der Waals surface area contributed by atoms with E-state index < -0.39 is 0 Å². The van der Waals surface area contributed by atoms with Crippen LogP contribution in [0.25, 0.3) is 16.7 Å². The van der Waals surface area contributed by atoms with E-state index in [0.29, 0.717) is 40.5 Å². The molecule has 0 unspecified atom stereocenters. The molecule has 4 aromatic rings. The zero-order valence-corrected chi connectivity index (χ0v) is 15.7. The molecule has 0 saturated carbocycles. The van der Waals surface area contributed by atoms with Crippen molar-refractivity contribution in [2.45, 2.75) is 13.2 Å². The van der Waals surface area contributed by atoms with Crippen LogP contribution in [0.3, 0.4) is 0 Å². The summed E-state index contributed by atoms with van der Waals surface area (Å²) >= 11 is 0. The van der Waals surface area contributed by atoms with Gasteiger partial charge in [0.25, 0.3) is 11.3 Å². The highest BCUT2D eigenvalue weighted by molar-refractivity contribution is 5.78. The highest BCUT2D eigenvalue weighted by Gasteiger charge is 2.12. The van der Waals surface area contributed by atoms with Crippen LogP contribution in [0.4, 0.5) is 0 Å². The van der Waals surface area contributed by atoms with Crippen LogP contribution in [0.15, 0.2) is 41.5 Å². The lowest BCUT2D eigenvalue weighted by Crippen LogP contribution is -2.21. The molecule has 0 radical (unpaired) electrons. The third-order valence-corrected chi connectivity index (χ3v) is 4.43. The van der Waals surface area contributed by atoms with Crippen molar-refractivity contribution in [2.75, 3.05) is 21.3 Å². The lowest BCUT2D eigenvalue weighted by atomic mass is 10.2. The normalized spacial score (nSPS) is 11.2. The van der Waals surface area contributed by atoms with Crippen molar-refractivity contribution < 1.29 is 14.2 Å². The third-order valence-electron chi connectivity index (χ3n) is 4.43. The smallest absolute Gasteiger partial charge is 0.261 e. The predicted octanol–water partition coefficient (Wildman–Crippen LogP) is 1.65. The summed E-state index contributed by atoms with van der Waals surface area (Å²) in [7, 11) is 4.74. The van der Waals surface area contributed by atoms with Gasteiger partial charge in [-0.15, -0.1) is 5.10 Å². The molecular formula is C19H19N5O4. The molecule has 0 aliphatic rings. The Hall–Kier alpha value is -3.46. The molecule has 0 spiro atoms. The molecule has 9 nitrogen and oxygen atoms in total. The molecule has 0 fully saturated rings. The third kappa shape index (κ3) is 3.05. The maximum absolute atomic E-state index is 13.0. The monoisotopic (exact) mass is 381 g/mol. The van der Waals surface area contributed by atoms with Crippen LogP contribution in [-0.2, 0) is 17.9 Å². The van der Waals surface area contributed by atoms with Gasteiger partial charge in [0.15, 0.2) is 17.3 Å². The number of methoxy groups -OCH3 is 3. The number of nitrogens with zero attached hydrogens (tertiary/aromatic N) is 5. The molecule has 9 heteroatoms. The number of hydrogen-bond acceptors (Lipinski definition) is 7. The number of benzene rings is 1. The molecule has 3 aromatic heterocycles. The molecule has 28 heavy (non-hydrogen) atoms. The minimum absolute atomic E-state index is 0.162. The average Bonchev–Trinajstić information content (AvgIpc) is 3.13.